The van der Waals surface area contributed by atoms with Gasteiger partial charge in [0.15, 0.2) is 0 Å². The van der Waals surface area contributed by atoms with Crippen molar-refractivity contribution in [1.29, 1.82) is 0 Å². The molecule has 96 valence electrons. The molecular weight excluding hydrogens is 214 g/mol. The fraction of sp³-hybridized carbons (Fsp3) is 0.571. The zero-order valence-electron chi connectivity index (χ0n) is 10.5. The molecule has 0 aromatic heterocycles. The number of benzene rings is 1. The Balaban J connectivity index is 2.33. The summed E-state index contributed by atoms with van der Waals surface area (Å²) in [6, 6.07) is 7.37. The van der Waals surface area contributed by atoms with Crippen LogP contribution in [0.2, 0.25) is 0 Å². The molecule has 0 bridgehead atoms. The van der Waals surface area contributed by atoms with E-state index in [0.29, 0.717) is 18.2 Å². The van der Waals surface area contributed by atoms with E-state index in [1.54, 1.807) is 6.07 Å². The fourth-order valence-corrected chi connectivity index (χ4v) is 2.01. The van der Waals surface area contributed by atoms with E-state index < -0.39 is 0 Å². The van der Waals surface area contributed by atoms with Gasteiger partial charge >= 0.3 is 0 Å². The SMILES string of the molecule is CCCC(CCO)CNCc1ccccc1O. The minimum absolute atomic E-state index is 0.253. The monoisotopic (exact) mass is 237 g/mol. The lowest BCUT2D eigenvalue weighted by molar-refractivity contribution is 0.248. The molecule has 0 fully saturated rings. The molecule has 1 atom stereocenters. The number of aromatic hydroxyl groups is 1. The third-order valence-electron chi connectivity index (χ3n) is 2.97. The summed E-state index contributed by atoms with van der Waals surface area (Å²) in [7, 11) is 0. The van der Waals surface area contributed by atoms with E-state index in [4.69, 9.17) is 5.11 Å². The maximum absolute atomic E-state index is 9.60. The average Bonchev–Trinajstić information content (AvgIpc) is 2.32. The Labute approximate surface area is 103 Å². The van der Waals surface area contributed by atoms with Gasteiger partial charge in [0, 0.05) is 18.7 Å². The molecule has 3 heteroatoms. The van der Waals surface area contributed by atoms with Crippen LogP contribution in [-0.4, -0.2) is 23.4 Å². The Morgan fingerprint density at radius 1 is 1.24 bits per heavy atom. The van der Waals surface area contributed by atoms with E-state index in [-0.39, 0.29) is 6.61 Å². The second kappa shape index (κ2) is 8.09. The zero-order valence-corrected chi connectivity index (χ0v) is 10.5. The summed E-state index contributed by atoms with van der Waals surface area (Å²) < 4.78 is 0. The normalized spacial score (nSPS) is 12.6. The van der Waals surface area contributed by atoms with Gasteiger partial charge < -0.3 is 15.5 Å². The van der Waals surface area contributed by atoms with Gasteiger partial charge in [-0.25, -0.2) is 0 Å². The van der Waals surface area contributed by atoms with Gasteiger partial charge in [-0.1, -0.05) is 31.5 Å². The first-order chi connectivity index (χ1) is 8.27. The quantitative estimate of drug-likeness (QED) is 0.650. The Kier molecular flexibility index (Phi) is 6.67. The highest BCUT2D eigenvalue weighted by Crippen LogP contribution is 2.15. The summed E-state index contributed by atoms with van der Waals surface area (Å²) in [6.45, 7) is 3.98. The first-order valence-corrected chi connectivity index (χ1v) is 6.36. The van der Waals surface area contributed by atoms with Crippen molar-refractivity contribution in [2.45, 2.75) is 32.7 Å². The molecule has 0 radical (unpaired) electrons. The predicted molar refractivity (Wildman–Crippen MR) is 69.9 cm³/mol. The van der Waals surface area contributed by atoms with Crippen molar-refractivity contribution in [2.75, 3.05) is 13.2 Å². The topological polar surface area (TPSA) is 52.5 Å². The number of rotatable bonds is 8. The van der Waals surface area contributed by atoms with Gasteiger partial charge in [0.05, 0.1) is 0 Å². The first-order valence-electron chi connectivity index (χ1n) is 6.36. The average molecular weight is 237 g/mol. The van der Waals surface area contributed by atoms with Crippen LogP contribution in [0.4, 0.5) is 0 Å². The Bertz CT molecular complexity index is 309. The Morgan fingerprint density at radius 2 is 2.00 bits per heavy atom. The minimum atomic E-state index is 0.253. The van der Waals surface area contributed by atoms with Gasteiger partial charge in [0.1, 0.15) is 5.75 Å². The molecule has 17 heavy (non-hydrogen) atoms. The highest BCUT2D eigenvalue weighted by molar-refractivity contribution is 5.31. The number of phenols is 1. The molecule has 1 rings (SSSR count). The Morgan fingerprint density at radius 3 is 2.65 bits per heavy atom. The number of nitrogens with one attached hydrogen (secondary N) is 1. The highest BCUT2D eigenvalue weighted by atomic mass is 16.3. The second-order valence-electron chi connectivity index (χ2n) is 4.43. The lowest BCUT2D eigenvalue weighted by atomic mass is 10.00. The van der Waals surface area contributed by atoms with Gasteiger partial charge in [-0.3, -0.25) is 0 Å². The van der Waals surface area contributed by atoms with Crippen LogP contribution in [0.15, 0.2) is 24.3 Å². The third kappa shape index (κ3) is 5.20. The maximum Gasteiger partial charge on any atom is 0.120 e. The van der Waals surface area contributed by atoms with Crippen LogP contribution in [-0.2, 0) is 6.54 Å². The van der Waals surface area contributed by atoms with Gasteiger partial charge in [0.25, 0.3) is 0 Å². The van der Waals surface area contributed by atoms with Crippen molar-refractivity contribution < 1.29 is 10.2 Å². The number of aliphatic hydroxyl groups excluding tert-OH is 1. The van der Waals surface area contributed by atoms with Gasteiger partial charge in [0.2, 0.25) is 0 Å². The number of hydrogen-bond acceptors (Lipinski definition) is 3. The number of phenolic OH excluding ortho intramolecular Hbond substituents is 1. The zero-order chi connectivity index (χ0) is 12.5. The Hall–Kier alpha value is -1.06. The summed E-state index contributed by atoms with van der Waals surface area (Å²) in [6.07, 6.45) is 3.12. The molecule has 0 amide bonds. The van der Waals surface area contributed by atoms with E-state index in [0.717, 1.165) is 31.4 Å². The van der Waals surface area contributed by atoms with Crippen LogP contribution >= 0.6 is 0 Å². The molecular formula is C14H23NO2. The fourth-order valence-electron chi connectivity index (χ4n) is 2.01. The minimum Gasteiger partial charge on any atom is -0.508 e. The van der Waals surface area contributed by atoms with Crippen LogP contribution in [0.3, 0.4) is 0 Å². The van der Waals surface area contributed by atoms with Crippen molar-refractivity contribution in [1.82, 2.24) is 5.32 Å². The molecule has 0 aliphatic rings. The summed E-state index contributed by atoms with van der Waals surface area (Å²) >= 11 is 0. The van der Waals surface area contributed by atoms with E-state index in [1.807, 2.05) is 18.2 Å². The smallest absolute Gasteiger partial charge is 0.120 e. The molecule has 0 aliphatic heterocycles. The summed E-state index contributed by atoms with van der Waals surface area (Å²) in [5, 5.41) is 21.9. The van der Waals surface area contributed by atoms with Crippen molar-refractivity contribution in [3.8, 4) is 5.75 Å². The van der Waals surface area contributed by atoms with E-state index in [2.05, 4.69) is 12.2 Å². The molecule has 3 N–H and O–H groups in total. The third-order valence-corrected chi connectivity index (χ3v) is 2.97. The molecule has 3 nitrogen and oxygen atoms in total. The first kappa shape index (κ1) is 14.0. The molecule has 0 spiro atoms. The van der Waals surface area contributed by atoms with E-state index in [1.165, 1.54) is 0 Å². The van der Waals surface area contributed by atoms with Crippen LogP contribution in [0.25, 0.3) is 0 Å². The molecule has 0 saturated carbocycles. The lowest BCUT2D eigenvalue weighted by Gasteiger charge is -2.15. The standard InChI is InChI=1S/C14H23NO2/c1-2-5-12(8-9-16)10-15-11-13-6-3-4-7-14(13)17/h3-4,6-7,12,15-17H,2,5,8-11H2,1H3. The highest BCUT2D eigenvalue weighted by Gasteiger charge is 2.07. The second-order valence-corrected chi connectivity index (χ2v) is 4.43. The molecule has 0 aliphatic carbocycles. The van der Waals surface area contributed by atoms with Crippen LogP contribution in [0.1, 0.15) is 31.7 Å². The molecule has 0 saturated heterocycles. The molecule has 1 aromatic carbocycles. The summed E-state index contributed by atoms with van der Waals surface area (Å²) in [5.41, 5.74) is 0.923. The summed E-state index contributed by atoms with van der Waals surface area (Å²) in [5.74, 6) is 0.866. The van der Waals surface area contributed by atoms with Crippen LogP contribution < -0.4 is 5.32 Å². The van der Waals surface area contributed by atoms with E-state index in [9.17, 15) is 5.11 Å². The maximum atomic E-state index is 9.60. The van der Waals surface area contributed by atoms with Crippen molar-refractivity contribution in [3.05, 3.63) is 29.8 Å². The molecule has 1 unspecified atom stereocenters. The summed E-state index contributed by atoms with van der Waals surface area (Å²) in [4.78, 5) is 0. The molecule has 1 aromatic rings. The molecule has 0 heterocycles. The lowest BCUT2D eigenvalue weighted by Crippen LogP contribution is -2.23. The number of aliphatic hydroxyl groups is 1. The predicted octanol–water partition coefficient (Wildman–Crippen LogP) is 2.28. The van der Waals surface area contributed by atoms with Gasteiger partial charge in [-0.15, -0.1) is 0 Å². The van der Waals surface area contributed by atoms with Gasteiger partial charge in [-0.05, 0) is 31.4 Å². The van der Waals surface area contributed by atoms with Crippen molar-refractivity contribution >= 4 is 0 Å². The number of para-hydroxylation sites is 1. The number of hydrogen-bond donors (Lipinski definition) is 3. The van der Waals surface area contributed by atoms with Crippen LogP contribution in [0.5, 0.6) is 5.75 Å². The van der Waals surface area contributed by atoms with Crippen molar-refractivity contribution in [2.24, 2.45) is 5.92 Å². The van der Waals surface area contributed by atoms with Gasteiger partial charge in [-0.2, -0.15) is 0 Å². The van der Waals surface area contributed by atoms with Crippen LogP contribution in [0, 0.1) is 5.92 Å². The van der Waals surface area contributed by atoms with Crippen molar-refractivity contribution in [3.63, 3.8) is 0 Å². The largest absolute Gasteiger partial charge is 0.508 e. The van der Waals surface area contributed by atoms with E-state index >= 15 is 0 Å².